The lowest BCUT2D eigenvalue weighted by Gasteiger charge is -2.17. The molecule has 0 amide bonds. The molecule has 0 spiro atoms. The van der Waals surface area contributed by atoms with E-state index in [9.17, 15) is 36.6 Å². The number of alkyl halides is 3. The quantitative estimate of drug-likeness (QED) is 0.114. The van der Waals surface area contributed by atoms with E-state index < -0.39 is 45.5 Å². The normalized spacial score (nSPS) is 21.3. The lowest BCUT2D eigenvalue weighted by molar-refractivity contribution is -0.137. The van der Waals surface area contributed by atoms with E-state index in [2.05, 4.69) is 11.1 Å². The number of hydrogen-bond acceptors (Lipinski definition) is 6. The number of aliphatic hydroxyl groups is 2. The maximum absolute atomic E-state index is 12.8. The molecule has 0 unspecified atom stereocenters. The molecule has 7 nitrogen and oxygen atoms in total. The van der Waals surface area contributed by atoms with Gasteiger partial charge in [0.15, 0.2) is 0 Å². The van der Waals surface area contributed by atoms with E-state index in [1.165, 1.54) is 12.2 Å². The molecule has 0 fully saturated rings. The van der Waals surface area contributed by atoms with Gasteiger partial charge in [-0.3, -0.25) is 4.79 Å². The minimum atomic E-state index is -5.87. The van der Waals surface area contributed by atoms with Crippen LogP contribution in [0.4, 0.5) is 13.2 Å². The highest BCUT2D eigenvalue weighted by molar-refractivity contribution is 7.87. The van der Waals surface area contributed by atoms with Crippen LogP contribution in [-0.2, 0) is 19.1 Å². The number of aliphatic carboxylic acids is 1. The molecule has 0 aromatic rings. The molecule has 0 saturated heterocycles. The zero-order chi connectivity index (χ0) is 25.9. The number of carboxylic acid groups (broad SMARTS) is 1. The Labute approximate surface area is 199 Å². The van der Waals surface area contributed by atoms with Gasteiger partial charge in [0.2, 0.25) is 0 Å². The molecule has 3 N–H and O–H groups in total. The van der Waals surface area contributed by atoms with Crippen molar-refractivity contribution in [3.05, 3.63) is 23.5 Å². The van der Waals surface area contributed by atoms with Crippen molar-refractivity contribution in [2.45, 2.75) is 102 Å². The van der Waals surface area contributed by atoms with E-state index in [0.717, 1.165) is 19.3 Å². The van der Waals surface area contributed by atoms with Gasteiger partial charge < -0.3 is 19.5 Å². The van der Waals surface area contributed by atoms with E-state index in [-0.39, 0.29) is 30.8 Å². The first-order valence-corrected chi connectivity index (χ1v) is 13.2. The van der Waals surface area contributed by atoms with Gasteiger partial charge in [-0.15, -0.1) is 0 Å². The smallest absolute Gasteiger partial charge is 0.481 e. The van der Waals surface area contributed by atoms with Crippen LogP contribution < -0.4 is 0 Å². The molecule has 34 heavy (non-hydrogen) atoms. The number of rotatable bonds is 16. The van der Waals surface area contributed by atoms with Crippen LogP contribution in [0.25, 0.3) is 0 Å². The van der Waals surface area contributed by atoms with Crippen molar-refractivity contribution in [3.63, 3.8) is 0 Å². The predicted molar refractivity (Wildman–Crippen MR) is 121 cm³/mol. The first kappa shape index (κ1) is 30.4. The summed E-state index contributed by atoms with van der Waals surface area (Å²) in [5.74, 6) is -1.85. The van der Waals surface area contributed by atoms with E-state index in [1.807, 2.05) is 6.92 Å². The average molecular weight is 515 g/mol. The Balaban J connectivity index is 2.95. The summed E-state index contributed by atoms with van der Waals surface area (Å²) in [7, 11) is -5.87. The van der Waals surface area contributed by atoms with Gasteiger partial charge in [0.05, 0.1) is 12.2 Å². The highest BCUT2D eigenvalue weighted by Crippen LogP contribution is 2.40. The monoisotopic (exact) mass is 514 g/mol. The fourth-order valence-corrected chi connectivity index (χ4v) is 4.57. The Hall–Kier alpha value is -1.59. The van der Waals surface area contributed by atoms with Gasteiger partial charge >= 0.3 is 21.6 Å². The molecule has 198 valence electrons. The molecular formula is C23H37F3O7S. The van der Waals surface area contributed by atoms with Crippen molar-refractivity contribution in [1.82, 2.24) is 0 Å². The summed E-state index contributed by atoms with van der Waals surface area (Å²) in [6, 6.07) is 0. The second-order valence-corrected chi connectivity index (χ2v) is 10.5. The topological polar surface area (TPSA) is 121 Å². The number of halogens is 3. The SMILES string of the molecule is CCCC[C@@H](C)C[C@H](O)C=C[C@@H]1C(CCCCCCC(=O)O)=C(OS(=O)(=O)C(F)(F)F)C[C@H]1O. The third kappa shape index (κ3) is 10.4. The van der Waals surface area contributed by atoms with Crippen molar-refractivity contribution in [2.24, 2.45) is 11.8 Å². The molecule has 0 radical (unpaired) electrons. The molecule has 0 aromatic heterocycles. The van der Waals surface area contributed by atoms with Gasteiger partial charge in [0, 0.05) is 18.8 Å². The van der Waals surface area contributed by atoms with Crippen molar-refractivity contribution < 1.29 is 45.9 Å². The molecule has 0 saturated carbocycles. The second-order valence-electron chi connectivity index (χ2n) is 8.97. The molecule has 11 heteroatoms. The minimum Gasteiger partial charge on any atom is -0.481 e. The highest BCUT2D eigenvalue weighted by atomic mass is 32.2. The fourth-order valence-electron chi connectivity index (χ4n) is 4.04. The summed E-state index contributed by atoms with van der Waals surface area (Å²) in [5.41, 5.74) is -5.34. The van der Waals surface area contributed by atoms with Crippen LogP contribution in [0, 0.1) is 11.8 Å². The van der Waals surface area contributed by atoms with E-state index >= 15 is 0 Å². The average Bonchev–Trinajstić information content (AvgIpc) is 2.99. The van der Waals surface area contributed by atoms with Crippen LogP contribution in [0.15, 0.2) is 23.5 Å². The zero-order valence-electron chi connectivity index (χ0n) is 19.8. The number of carbonyl (C=O) groups is 1. The molecule has 1 rings (SSSR count). The Morgan fingerprint density at radius 3 is 2.44 bits per heavy atom. The van der Waals surface area contributed by atoms with E-state index in [0.29, 0.717) is 32.1 Å². The number of unbranched alkanes of at least 4 members (excludes halogenated alkanes) is 4. The predicted octanol–water partition coefficient (Wildman–Crippen LogP) is 5.05. The van der Waals surface area contributed by atoms with Crippen LogP contribution in [0.5, 0.6) is 0 Å². The Kier molecular flexibility index (Phi) is 12.6. The Bertz CT molecular complexity index is 806. The standard InChI is InChI=1S/C23H37F3O7S/c1-3-4-9-16(2)14-17(27)12-13-18-19(10-7-5-6-8-11-22(29)30)21(15-20(18)28)33-34(31,32)23(24,25)26/h12-13,16-18,20,27-28H,3-11,14-15H2,1-2H3,(H,29,30)/t16-,17-,18-,20-/m1/s1. The van der Waals surface area contributed by atoms with Crippen LogP contribution in [-0.4, -0.2) is 47.4 Å². The molecule has 0 aromatic carbocycles. The largest absolute Gasteiger partial charge is 0.534 e. The molecule has 4 atom stereocenters. The van der Waals surface area contributed by atoms with E-state index in [4.69, 9.17) is 5.11 Å². The van der Waals surface area contributed by atoms with Crippen LogP contribution in [0.2, 0.25) is 0 Å². The maximum Gasteiger partial charge on any atom is 0.534 e. The van der Waals surface area contributed by atoms with Crippen LogP contribution in [0.3, 0.4) is 0 Å². The van der Waals surface area contributed by atoms with Crippen molar-refractivity contribution in [3.8, 4) is 0 Å². The summed E-state index contributed by atoms with van der Waals surface area (Å²) < 4.78 is 66.0. The molecule has 0 bridgehead atoms. The van der Waals surface area contributed by atoms with Gasteiger partial charge in [-0.2, -0.15) is 21.6 Å². The first-order valence-electron chi connectivity index (χ1n) is 11.8. The van der Waals surface area contributed by atoms with Crippen molar-refractivity contribution >= 4 is 16.1 Å². The summed E-state index contributed by atoms with van der Waals surface area (Å²) in [6.07, 6.45) is 6.44. The summed E-state index contributed by atoms with van der Waals surface area (Å²) >= 11 is 0. The summed E-state index contributed by atoms with van der Waals surface area (Å²) in [4.78, 5) is 10.6. The van der Waals surface area contributed by atoms with Gasteiger partial charge in [-0.05, 0) is 37.2 Å². The first-order chi connectivity index (χ1) is 15.8. The highest BCUT2D eigenvalue weighted by Gasteiger charge is 2.50. The number of hydrogen-bond donors (Lipinski definition) is 3. The van der Waals surface area contributed by atoms with Crippen molar-refractivity contribution in [2.75, 3.05) is 0 Å². The summed E-state index contributed by atoms with van der Waals surface area (Å²) in [6.45, 7) is 4.09. The van der Waals surface area contributed by atoms with Gasteiger partial charge in [-0.25, -0.2) is 0 Å². The lowest BCUT2D eigenvalue weighted by atomic mass is 9.92. The summed E-state index contributed by atoms with van der Waals surface area (Å²) in [5, 5.41) is 29.5. The number of aliphatic hydroxyl groups excluding tert-OH is 2. The Morgan fingerprint density at radius 1 is 1.21 bits per heavy atom. The van der Waals surface area contributed by atoms with Crippen LogP contribution in [0.1, 0.15) is 84.5 Å². The molecule has 0 heterocycles. The van der Waals surface area contributed by atoms with Gasteiger partial charge in [0.1, 0.15) is 5.76 Å². The van der Waals surface area contributed by atoms with Gasteiger partial charge in [0.25, 0.3) is 0 Å². The lowest BCUT2D eigenvalue weighted by Crippen LogP contribution is -2.25. The third-order valence-corrected chi connectivity index (χ3v) is 6.87. The Morgan fingerprint density at radius 2 is 1.85 bits per heavy atom. The molecular weight excluding hydrogens is 477 g/mol. The second kappa shape index (κ2) is 14.1. The fraction of sp³-hybridized carbons (Fsp3) is 0.783. The number of carboxylic acids is 1. The van der Waals surface area contributed by atoms with Crippen LogP contribution >= 0.6 is 0 Å². The van der Waals surface area contributed by atoms with E-state index in [1.54, 1.807) is 0 Å². The minimum absolute atomic E-state index is 0.0134. The molecule has 0 aliphatic heterocycles. The third-order valence-electron chi connectivity index (χ3n) is 5.89. The maximum atomic E-state index is 12.8. The zero-order valence-corrected chi connectivity index (χ0v) is 20.6. The molecule has 1 aliphatic carbocycles. The van der Waals surface area contributed by atoms with Gasteiger partial charge in [-0.1, -0.05) is 58.1 Å². The van der Waals surface area contributed by atoms with Crippen molar-refractivity contribution in [1.29, 1.82) is 0 Å². The molecule has 1 aliphatic rings.